The van der Waals surface area contributed by atoms with Crippen molar-refractivity contribution in [3.05, 3.63) is 83.9 Å². The van der Waals surface area contributed by atoms with Crippen LogP contribution in [0, 0.1) is 0 Å². The first-order chi connectivity index (χ1) is 15.0. The minimum Gasteiger partial charge on any atom is -0.497 e. The zero-order valence-corrected chi connectivity index (χ0v) is 17.0. The molecule has 31 heavy (non-hydrogen) atoms. The lowest BCUT2D eigenvalue weighted by molar-refractivity contribution is 0.0965. The minimum absolute atomic E-state index is 0.287. The van der Waals surface area contributed by atoms with E-state index in [4.69, 9.17) is 9.47 Å². The first-order valence-electron chi connectivity index (χ1n) is 9.30. The van der Waals surface area contributed by atoms with E-state index in [1.165, 1.54) is 13.2 Å². The van der Waals surface area contributed by atoms with Gasteiger partial charge in [0, 0.05) is 22.5 Å². The van der Waals surface area contributed by atoms with Crippen molar-refractivity contribution in [3.8, 4) is 11.5 Å². The highest BCUT2D eigenvalue weighted by atomic mass is 16.5. The molecule has 0 heterocycles. The topological polar surface area (TPSA) is 106 Å². The van der Waals surface area contributed by atoms with Crippen molar-refractivity contribution in [3.63, 3.8) is 0 Å². The fourth-order valence-corrected chi connectivity index (χ4v) is 2.72. The molecule has 0 atom stereocenters. The molecule has 0 saturated heterocycles. The van der Waals surface area contributed by atoms with Crippen LogP contribution in [0.1, 0.15) is 20.7 Å². The summed E-state index contributed by atoms with van der Waals surface area (Å²) in [5, 5.41) is 7.58. The third kappa shape index (κ3) is 5.83. The molecule has 0 fully saturated rings. The van der Waals surface area contributed by atoms with Crippen molar-refractivity contribution in [1.29, 1.82) is 0 Å². The first-order valence-corrected chi connectivity index (χ1v) is 9.30. The van der Waals surface area contributed by atoms with Crippen molar-refractivity contribution in [2.24, 2.45) is 0 Å². The normalized spacial score (nSPS) is 10.0. The van der Waals surface area contributed by atoms with Gasteiger partial charge in [0.1, 0.15) is 11.5 Å². The maximum atomic E-state index is 12.4. The molecule has 3 aromatic carbocycles. The molecule has 0 saturated carbocycles. The number of imide groups is 1. The van der Waals surface area contributed by atoms with Crippen molar-refractivity contribution in [2.45, 2.75) is 0 Å². The number of methoxy groups -OCH3 is 2. The van der Waals surface area contributed by atoms with E-state index in [0.717, 1.165) is 0 Å². The van der Waals surface area contributed by atoms with Gasteiger partial charge in [0.05, 0.1) is 14.2 Å². The van der Waals surface area contributed by atoms with Crippen LogP contribution in [0.2, 0.25) is 0 Å². The molecule has 8 heteroatoms. The van der Waals surface area contributed by atoms with E-state index in [9.17, 15) is 14.4 Å². The Labute approximate surface area is 179 Å². The van der Waals surface area contributed by atoms with E-state index in [2.05, 4.69) is 16.0 Å². The molecule has 0 spiro atoms. The maximum absolute atomic E-state index is 12.4. The van der Waals surface area contributed by atoms with Gasteiger partial charge in [-0.25, -0.2) is 4.79 Å². The van der Waals surface area contributed by atoms with Gasteiger partial charge in [-0.05, 0) is 60.7 Å². The molecule has 8 nitrogen and oxygen atoms in total. The Kier molecular flexibility index (Phi) is 6.85. The van der Waals surface area contributed by atoms with Crippen molar-refractivity contribution >= 4 is 29.2 Å². The number of benzene rings is 3. The monoisotopic (exact) mass is 419 g/mol. The molecule has 3 rings (SSSR count). The van der Waals surface area contributed by atoms with E-state index < -0.39 is 11.9 Å². The van der Waals surface area contributed by atoms with Gasteiger partial charge in [-0.2, -0.15) is 0 Å². The second-order valence-corrected chi connectivity index (χ2v) is 6.40. The summed E-state index contributed by atoms with van der Waals surface area (Å²) in [6.07, 6.45) is 0. The van der Waals surface area contributed by atoms with Crippen LogP contribution in [-0.4, -0.2) is 32.1 Å². The number of anilines is 2. The highest BCUT2D eigenvalue weighted by Crippen LogP contribution is 2.18. The van der Waals surface area contributed by atoms with E-state index in [0.29, 0.717) is 28.4 Å². The number of urea groups is 1. The summed E-state index contributed by atoms with van der Waals surface area (Å²) in [5.41, 5.74) is 1.64. The van der Waals surface area contributed by atoms with Crippen molar-refractivity contribution in [2.75, 3.05) is 24.9 Å². The molecular formula is C23H21N3O5. The number of ether oxygens (including phenoxy) is 2. The number of rotatable bonds is 6. The minimum atomic E-state index is -0.702. The summed E-state index contributed by atoms with van der Waals surface area (Å²) in [7, 11) is 3.04. The highest BCUT2D eigenvalue weighted by molar-refractivity contribution is 6.08. The van der Waals surface area contributed by atoms with Gasteiger partial charge in [-0.15, -0.1) is 0 Å². The predicted octanol–water partition coefficient (Wildman–Crippen LogP) is 3.92. The lowest BCUT2D eigenvalue weighted by Crippen LogP contribution is -2.34. The Bertz CT molecular complexity index is 1100. The Morgan fingerprint density at radius 3 is 1.97 bits per heavy atom. The summed E-state index contributed by atoms with van der Waals surface area (Å²) in [4.78, 5) is 36.8. The lowest BCUT2D eigenvalue weighted by atomic mass is 10.2. The third-order valence-corrected chi connectivity index (χ3v) is 4.29. The van der Waals surface area contributed by atoms with Crippen LogP contribution in [0.15, 0.2) is 72.8 Å². The second kappa shape index (κ2) is 9.93. The SMILES string of the molecule is COc1ccc(C(=O)Nc2cccc(NC(=O)NC(=O)c3cccc(OC)c3)c2)cc1. The molecule has 0 bridgehead atoms. The Morgan fingerprint density at radius 2 is 1.29 bits per heavy atom. The highest BCUT2D eigenvalue weighted by Gasteiger charge is 2.12. The van der Waals surface area contributed by atoms with Gasteiger partial charge in [-0.1, -0.05) is 12.1 Å². The molecule has 0 unspecified atom stereocenters. The van der Waals surface area contributed by atoms with Gasteiger partial charge in [0.2, 0.25) is 0 Å². The number of nitrogens with one attached hydrogen (secondary N) is 3. The molecule has 0 aromatic heterocycles. The third-order valence-electron chi connectivity index (χ3n) is 4.29. The quantitative estimate of drug-likeness (QED) is 0.562. The molecular weight excluding hydrogens is 398 g/mol. The fourth-order valence-electron chi connectivity index (χ4n) is 2.72. The zero-order chi connectivity index (χ0) is 22.2. The molecule has 4 amide bonds. The molecule has 3 aromatic rings. The van der Waals surface area contributed by atoms with E-state index in [-0.39, 0.29) is 11.5 Å². The smallest absolute Gasteiger partial charge is 0.326 e. The fraction of sp³-hybridized carbons (Fsp3) is 0.0870. The van der Waals surface area contributed by atoms with Gasteiger partial charge >= 0.3 is 6.03 Å². The Morgan fingerprint density at radius 1 is 0.645 bits per heavy atom. The van der Waals surface area contributed by atoms with Crippen LogP contribution >= 0.6 is 0 Å². The van der Waals surface area contributed by atoms with Gasteiger partial charge in [-0.3, -0.25) is 14.9 Å². The largest absolute Gasteiger partial charge is 0.497 e. The number of carbonyl (C=O) groups is 3. The van der Waals surface area contributed by atoms with Crippen LogP contribution in [-0.2, 0) is 0 Å². The first kappa shape index (κ1) is 21.4. The van der Waals surface area contributed by atoms with Gasteiger partial charge in [0.15, 0.2) is 0 Å². The predicted molar refractivity (Wildman–Crippen MR) is 117 cm³/mol. The summed E-state index contributed by atoms with van der Waals surface area (Å²) >= 11 is 0. The van der Waals surface area contributed by atoms with E-state index in [1.807, 2.05) is 0 Å². The summed E-state index contributed by atoms with van der Waals surface area (Å²) in [6, 6.07) is 19.0. The molecule has 0 radical (unpaired) electrons. The van der Waals surface area contributed by atoms with Crippen LogP contribution < -0.4 is 25.4 Å². The maximum Gasteiger partial charge on any atom is 0.326 e. The van der Waals surface area contributed by atoms with Crippen LogP contribution in [0.4, 0.5) is 16.2 Å². The lowest BCUT2D eigenvalue weighted by Gasteiger charge is -2.10. The Balaban J connectivity index is 1.60. The number of hydrogen-bond acceptors (Lipinski definition) is 5. The van der Waals surface area contributed by atoms with Gasteiger partial charge in [0.25, 0.3) is 11.8 Å². The van der Waals surface area contributed by atoms with Crippen molar-refractivity contribution in [1.82, 2.24) is 5.32 Å². The van der Waals surface area contributed by atoms with Crippen molar-refractivity contribution < 1.29 is 23.9 Å². The summed E-state index contributed by atoms with van der Waals surface area (Å²) < 4.78 is 10.2. The average molecular weight is 419 g/mol. The molecule has 0 aliphatic rings. The second-order valence-electron chi connectivity index (χ2n) is 6.40. The number of hydrogen-bond donors (Lipinski definition) is 3. The summed E-state index contributed by atoms with van der Waals surface area (Å²) in [5.74, 6) is 0.281. The average Bonchev–Trinajstić information content (AvgIpc) is 2.79. The Hall–Kier alpha value is -4.33. The standard InChI is InChI=1S/C23H21N3O5/c1-30-19-11-9-15(10-12-19)21(27)24-17-6-4-7-18(14-17)25-23(29)26-22(28)16-5-3-8-20(13-16)31-2/h3-14H,1-2H3,(H,24,27)(H2,25,26,28,29). The van der Waals surface area contributed by atoms with Crippen LogP contribution in [0.3, 0.4) is 0 Å². The number of carbonyl (C=O) groups excluding carboxylic acids is 3. The zero-order valence-electron chi connectivity index (χ0n) is 17.0. The molecule has 0 aliphatic carbocycles. The van der Waals surface area contributed by atoms with E-state index >= 15 is 0 Å². The van der Waals surface area contributed by atoms with Gasteiger partial charge < -0.3 is 20.1 Å². The summed E-state index contributed by atoms with van der Waals surface area (Å²) in [6.45, 7) is 0. The molecule has 0 aliphatic heterocycles. The molecule has 3 N–H and O–H groups in total. The van der Waals surface area contributed by atoms with Crippen LogP contribution in [0.25, 0.3) is 0 Å². The number of amides is 4. The molecule has 158 valence electrons. The van der Waals surface area contributed by atoms with E-state index in [1.54, 1.807) is 73.8 Å². The van der Waals surface area contributed by atoms with Crippen LogP contribution in [0.5, 0.6) is 11.5 Å².